The van der Waals surface area contributed by atoms with Gasteiger partial charge in [0.05, 0.1) is 5.92 Å². The Labute approximate surface area is 137 Å². The molecule has 0 bridgehead atoms. The molecule has 0 fully saturated rings. The summed E-state index contributed by atoms with van der Waals surface area (Å²) in [6.45, 7) is 12.5. The van der Waals surface area contributed by atoms with Crippen LogP contribution in [-0.2, 0) is 4.79 Å². The van der Waals surface area contributed by atoms with Crippen LogP contribution in [0.3, 0.4) is 0 Å². The second-order valence-electron chi connectivity index (χ2n) is 6.88. The van der Waals surface area contributed by atoms with E-state index < -0.39 is 5.97 Å². The van der Waals surface area contributed by atoms with E-state index in [1.807, 2.05) is 13.8 Å². The van der Waals surface area contributed by atoms with Crippen molar-refractivity contribution in [3.8, 4) is 0 Å². The molecule has 0 radical (unpaired) electrons. The fourth-order valence-electron chi connectivity index (χ4n) is 2.33. The van der Waals surface area contributed by atoms with E-state index in [2.05, 4.69) is 45.9 Å². The predicted molar refractivity (Wildman–Crippen MR) is 96.0 cm³/mol. The molecule has 126 valence electrons. The summed E-state index contributed by atoms with van der Waals surface area (Å²) in [7, 11) is 0. The van der Waals surface area contributed by atoms with Crippen LogP contribution in [0.2, 0.25) is 0 Å². The van der Waals surface area contributed by atoms with E-state index in [0.717, 1.165) is 25.7 Å². The van der Waals surface area contributed by atoms with Crippen LogP contribution in [0.5, 0.6) is 0 Å². The van der Waals surface area contributed by atoms with Gasteiger partial charge in [-0.3, -0.25) is 4.79 Å². The van der Waals surface area contributed by atoms with E-state index in [1.165, 1.54) is 16.7 Å². The van der Waals surface area contributed by atoms with E-state index >= 15 is 0 Å². The van der Waals surface area contributed by atoms with Crippen LogP contribution in [0.15, 0.2) is 34.9 Å². The molecule has 0 rings (SSSR count). The van der Waals surface area contributed by atoms with E-state index in [1.54, 1.807) is 0 Å². The first-order valence-corrected chi connectivity index (χ1v) is 8.41. The Morgan fingerprint density at radius 3 is 1.86 bits per heavy atom. The summed E-state index contributed by atoms with van der Waals surface area (Å²) in [5.74, 6) is -0.774. The SMILES string of the molecule is CC(C)=CCCC(C)=CCCC(C)=CCC(C(=O)O)C(C)C. The van der Waals surface area contributed by atoms with Crippen molar-refractivity contribution >= 4 is 5.97 Å². The van der Waals surface area contributed by atoms with Crippen molar-refractivity contribution in [2.45, 2.75) is 73.6 Å². The number of carboxylic acid groups (broad SMARTS) is 1. The van der Waals surface area contributed by atoms with Gasteiger partial charge in [-0.05, 0) is 65.7 Å². The minimum atomic E-state index is -0.686. The monoisotopic (exact) mass is 306 g/mol. The fourth-order valence-corrected chi connectivity index (χ4v) is 2.33. The lowest BCUT2D eigenvalue weighted by Crippen LogP contribution is -2.18. The predicted octanol–water partition coefficient (Wildman–Crippen LogP) is 6.15. The van der Waals surface area contributed by atoms with E-state index in [4.69, 9.17) is 0 Å². The quantitative estimate of drug-likeness (QED) is 0.491. The van der Waals surface area contributed by atoms with E-state index in [0.29, 0.717) is 6.42 Å². The molecule has 0 spiro atoms. The highest BCUT2D eigenvalue weighted by Crippen LogP contribution is 2.18. The standard InChI is InChI=1S/C20H34O2/c1-15(2)9-7-10-17(5)11-8-12-18(6)13-14-19(16(3)4)20(21)22/h9,11,13,16,19H,7-8,10,12,14H2,1-6H3,(H,21,22). The number of hydrogen-bond donors (Lipinski definition) is 1. The number of carboxylic acids is 1. The number of aliphatic carboxylic acids is 1. The summed E-state index contributed by atoms with van der Waals surface area (Å²) in [5, 5.41) is 9.18. The van der Waals surface area contributed by atoms with Gasteiger partial charge in [0, 0.05) is 0 Å². The van der Waals surface area contributed by atoms with Crippen molar-refractivity contribution in [2.24, 2.45) is 11.8 Å². The molecule has 1 atom stereocenters. The highest BCUT2D eigenvalue weighted by atomic mass is 16.4. The van der Waals surface area contributed by atoms with Crippen LogP contribution in [0.1, 0.15) is 73.6 Å². The second kappa shape index (κ2) is 11.3. The Hall–Kier alpha value is -1.31. The maximum atomic E-state index is 11.2. The molecule has 0 aromatic carbocycles. The zero-order valence-electron chi connectivity index (χ0n) is 15.3. The van der Waals surface area contributed by atoms with Gasteiger partial charge < -0.3 is 5.11 Å². The number of carbonyl (C=O) groups is 1. The van der Waals surface area contributed by atoms with Crippen molar-refractivity contribution in [3.63, 3.8) is 0 Å². The van der Waals surface area contributed by atoms with Gasteiger partial charge in [-0.1, -0.05) is 48.8 Å². The molecule has 0 aromatic rings. The number of rotatable bonds is 10. The molecule has 2 nitrogen and oxygen atoms in total. The summed E-state index contributed by atoms with van der Waals surface area (Å²) < 4.78 is 0. The molecule has 0 aliphatic rings. The molecule has 0 amide bonds. The van der Waals surface area contributed by atoms with Crippen LogP contribution in [0.25, 0.3) is 0 Å². The average molecular weight is 306 g/mol. The lowest BCUT2D eigenvalue weighted by Gasteiger charge is -2.14. The summed E-state index contributed by atoms with van der Waals surface area (Å²) in [6, 6.07) is 0. The van der Waals surface area contributed by atoms with Crippen molar-refractivity contribution < 1.29 is 9.90 Å². The van der Waals surface area contributed by atoms with Gasteiger partial charge in [0.15, 0.2) is 0 Å². The highest BCUT2D eigenvalue weighted by Gasteiger charge is 2.19. The fraction of sp³-hybridized carbons (Fsp3) is 0.650. The van der Waals surface area contributed by atoms with Crippen molar-refractivity contribution in [3.05, 3.63) is 34.9 Å². The first-order chi connectivity index (χ1) is 10.2. The molecule has 1 N–H and O–H groups in total. The molecule has 0 heterocycles. The Kier molecular flexibility index (Phi) is 10.6. The van der Waals surface area contributed by atoms with Crippen LogP contribution >= 0.6 is 0 Å². The van der Waals surface area contributed by atoms with Crippen LogP contribution in [0, 0.1) is 11.8 Å². The lowest BCUT2D eigenvalue weighted by molar-refractivity contribution is -0.143. The molecule has 0 saturated carbocycles. The molecule has 0 saturated heterocycles. The summed E-state index contributed by atoms with van der Waals surface area (Å²) >= 11 is 0. The minimum Gasteiger partial charge on any atom is -0.481 e. The minimum absolute atomic E-state index is 0.179. The molecule has 0 aliphatic heterocycles. The van der Waals surface area contributed by atoms with Gasteiger partial charge in [0.1, 0.15) is 0 Å². The first kappa shape index (κ1) is 20.7. The largest absolute Gasteiger partial charge is 0.481 e. The Balaban J connectivity index is 4.21. The Morgan fingerprint density at radius 1 is 0.909 bits per heavy atom. The maximum Gasteiger partial charge on any atom is 0.307 e. The maximum absolute atomic E-state index is 11.2. The average Bonchev–Trinajstić information content (AvgIpc) is 2.37. The summed E-state index contributed by atoms with van der Waals surface area (Å²) in [5.41, 5.74) is 4.11. The third kappa shape index (κ3) is 10.4. The number of hydrogen-bond acceptors (Lipinski definition) is 1. The van der Waals surface area contributed by atoms with E-state index in [9.17, 15) is 9.90 Å². The zero-order chi connectivity index (χ0) is 17.1. The lowest BCUT2D eigenvalue weighted by atomic mass is 9.91. The molecule has 0 aliphatic carbocycles. The molecule has 1 unspecified atom stereocenters. The van der Waals surface area contributed by atoms with Crippen LogP contribution < -0.4 is 0 Å². The van der Waals surface area contributed by atoms with Gasteiger partial charge in [0.25, 0.3) is 0 Å². The van der Waals surface area contributed by atoms with Crippen LogP contribution in [0.4, 0.5) is 0 Å². The van der Waals surface area contributed by atoms with Gasteiger partial charge >= 0.3 is 5.97 Å². The van der Waals surface area contributed by atoms with Crippen molar-refractivity contribution in [1.82, 2.24) is 0 Å². The zero-order valence-corrected chi connectivity index (χ0v) is 15.3. The molecule has 22 heavy (non-hydrogen) atoms. The van der Waals surface area contributed by atoms with Crippen molar-refractivity contribution in [2.75, 3.05) is 0 Å². The third-order valence-corrected chi connectivity index (χ3v) is 3.96. The van der Waals surface area contributed by atoms with E-state index in [-0.39, 0.29) is 11.8 Å². The first-order valence-electron chi connectivity index (χ1n) is 8.41. The summed E-state index contributed by atoms with van der Waals surface area (Å²) in [4.78, 5) is 11.2. The Morgan fingerprint density at radius 2 is 1.41 bits per heavy atom. The molecule has 0 aromatic heterocycles. The van der Waals surface area contributed by atoms with Crippen LogP contribution in [-0.4, -0.2) is 11.1 Å². The molecule has 2 heteroatoms. The third-order valence-electron chi connectivity index (χ3n) is 3.96. The van der Waals surface area contributed by atoms with Gasteiger partial charge in [-0.2, -0.15) is 0 Å². The summed E-state index contributed by atoms with van der Waals surface area (Å²) in [6.07, 6.45) is 11.6. The smallest absolute Gasteiger partial charge is 0.307 e. The molecular formula is C20H34O2. The normalized spacial score (nSPS) is 14.1. The van der Waals surface area contributed by atoms with Gasteiger partial charge in [0.2, 0.25) is 0 Å². The molecular weight excluding hydrogens is 272 g/mol. The van der Waals surface area contributed by atoms with Gasteiger partial charge in [-0.15, -0.1) is 0 Å². The van der Waals surface area contributed by atoms with Gasteiger partial charge in [-0.25, -0.2) is 0 Å². The Bertz CT molecular complexity index is 421. The number of allylic oxidation sites excluding steroid dienone is 6. The second-order valence-corrected chi connectivity index (χ2v) is 6.88. The topological polar surface area (TPSA) is 37.3 Å². The van der Waals surface area contributed by atoms with Crippen molar-refractivity contribution in [1.29, 1.82) is 0 Å². The highest BCUT2D eigenvalue weighted by molar-refractivity contribution is 5.70.